The number of piperazine rings is 1. The van der Waals surface area contributed by atoms with E-state index in [0.29, 0.717) is 43.2 Å². The monoisotopic (exact) mass is 372 g/mol. The van der Waals surface area contributed by atoms with Gasteiger partial charge in [0.2, 0.25) is 10.0 Å². The van der Waals surface area contributed by atoms with Gasteiger partial charge in [-0.1, -0.05) is 47.5 Å². The van der Waals surface area contributed by atoms with Crippen LogP contribution in [0.5, 0.6) is 0 Å². The average Bonchev–Trinajstić information content (AvgIpc) is 2.63. The molecule has 26 heavy (non-hydrogen) atoms. The van der Waals surface area contributed by atoms with Gasteiger partial charge in [0.05, 0.1) is 11.4 Å². The van der Waals surface area contributed by atoms with E-state index in [1.165, 1.54) is 4.31 Å². The SMILES string of the molecule is Cc1ccc(C(=O)CN2CCN(S(=O)(=O)c3ccc(C)cc3)CC2)cc1. The maximum atomic E-state index is 12.7. The van der Waals surface area contributed by atoms with E-state index in [0.717, 1.165) is 11.1 Å². The van der Waals surface area contributed by atoms with Crippen molar-refractivity contribution in [2.45, 2.75) is 18.7 Å². The van der Waals surface area contributed by atoms with E-state index in [1.807, 2.05) is 55.1 Å². The molecule has 0 spiro atoms. The Morgan fingerprint density at radius 1 is 0.846 bits per heavy atom. The number of ketones is 1. The normalized spacial score (nSPS) is 16.5. The molecule has 5 nitrogen and oxygen atoms in total. The van der Waals surface area contributed by atoms with Crippen LogP contribution >= 0.6 is 0 Å². The van der Waals surface area contributed by atoms with Crippen molar-refractivity contribution in [1.29, 1.82) is 0 Å². The molecular weight excluding hydrogens is 348 g/mol. The molecule has 0 aromatic heterocycles. The van der Waals surface area contributed by atoms with Crippen molar-refractivity contribution in [1.82, 2.24) is 9.21 Å². The Kier molecular flexibility index (Phi) is 5.55. The van der Waals surface area contributed by atoms with Gasteiger partial charge in [-0.25, -0.2) is 8.42 Å². The molecule has 0 N–H and O–H groups in total. The second-order valence-corrected chi connectivity index (χ2v) is 8.72. The van der Waals surface area contributed by atoms with E-state index in [2.05, 4.69) is 0 Å². The largest absolute Gasteiger partial charge is 0.293 e. The van der Waals surface area contributed by atoms with Crippen molar-refractivity contribution in [3.8, 4) is 0 Å². The summed E-state index contributed by atoms with van der Waals surface area (Å²) in [5.74, 6) is 0.0693. The van der Waals surface area contributed by atoms with Crippen LogP contribution in [0.1, 0.15) is 21.5 Å². The van der Waals surface area contributed by atoms with Crippen molar-refractivity contribution in [3.63, 3.8) is 0 Å². The summed E-state index contributed by atoms with van der Waals surface area (Å²) >= 11 is 0. The molecule has 0 bridgehead atoms. The Morgan fingerprint density at radius 3 is 1.88 bits per heavy atom. The van der Waals surface area contributed by atoms with Crippen LogP contribution in [-0.4, -0.2) is 56.1 Å². The van der Waals surface area contributed by atoms with Crippen LogP contribution in [0, 0.1) is 13.8 Å². The minimum absolute atomic E-state index is 0.0693. The van der Waals surface area contributed by atoms with E-state index < -0.39 is 10.0 Å². The van der Waals surface area contributed by atoms with Crippen LogP contribution in [-0.2, 0) is 10.0 Å². The van der Waals surface area contributed by atoms with Gasteiger partial charge < -0.3 is 0 Å². The molecule has 0 aliphatic carbocycles. The topological polar surface area (TPSA) is 57.7 Å². The van der Waals surface area contributed by atoms with E-state index in [1.54, 1.807) is 12.1 Å². The first kappa shape index (κ1) is 18.8. The van der Waals surface area contributed by atoms with Crippen molar-refractivity contribution in [2.75, 3.05) is 32.7 Å². The Morgan fingerprint density at radius 2 is 1.35 bits per heavy atom. The van der Waals surface area contributed by atoms with Crippen molar-refractivity contribution >= 4 is 15.8 Å². The number of hydrogen-bond acceptors (Lipinski definition) is 4. The first-order chi connectivity index (χ1) is 12.4. The first-order valence-corrected chi connectivity index (χ1v) is 10.2. The summed E-state index contributed by atoms with van der Waals surface area (Å²) in [4.78, 5) is 14.7. The zero-order valence-electron chi connectivity index (χ0n) is 15.2. The molecule has 2 aromatic rings. The fraction of sp³-hybridized carbons (Fsp3) is 0.350. The average molecular weight is 372 g/mol. The lowest BCUT2D eigenvalue weighted by Crippen LogP contribution is -2.49. The molecule has 1 saturated heterocycles. The molecule has 2 aromatic carbocycles. The lowest BCUT2D eigenvalue weighted by atomic mass is 10.1. The van der Waals surface area contributed by atoms with Crippen LogP contribution in [0.3, 0.4) is 0 Å². The zero-order chi connectivity index (χ0) is 18.7. The molecule has 0 saturated carbocycles. The Bertz CT molecular complexity index is 866. The number of nitrogens with zero attached hydrogens (tertiary/aromatic N) is 2. The maximum absolute atomic E-state index is 12.7. The number of benzene rings is 2. The highest BCUT2D eigenvalue weighted by atomic mass is 32.2. The summed E-state index contributed by atoms with van der Waals surface area (Å²) in [5.41, 5.74) is 2.85. The predicted molar refractivity (Wildman–Crippen MR) is 102 cm³/mol. The van der Waals surface area contributed by atoms with Gasteiger partial charge in [-0.3, -0.25) is 9.69 Å². The quantitative estimate of drug-likeness (QED) is 0.757. The second kappa shape index (κ2) is 7.70. The Hall–Kier alpha value is -2.02. The van der Waals surface area contributed by atoms with E-state index >= 15 is 0 Å². The summed E-state index contributed by atoms with van der Waals surface area (Å²) < 4.78 is 26.9. The molecule has 6 heteroatoms. The van der Waals surface area contributed by atoms with Crippen LogP contribution in [0.15, 0.2) is 53.4 Å². The van der Waals surface area contributed by atoms with Crippen molar-refractivity contribution in [2.24, 2.45) is 0 Å². The minimum atomic E-state index is -3.47. The molecule has 1 fully saturated rings. The smallest absolute Gasteiger partial charge is 0.243 e. The van der Waals surface area contributed by atoms with Gasteiger partial charge in [0, 0.05) is 31.7 Å². The summed E-state index contributed by atoms with van der Waals surface area (Å²) in [6.45, 7) is 6.16. The highest BCUT2D eigenvalue weighted by Gasteiger charge is 2.29. The lowest BCUT2D eigenvalue weighted by Gasteiger charge is -2.33. The zero-order valence-corrected chi connectivity index (χ0v) is 16.0. The third-order valence-electron chi connectivity index (χ3n) is 4.73. The molecule has 0 amide bonds. The standard InChI is InChI=1S/C20H24N2O3S/c1-16-3-7-18(8-4-16)20(23)15-21-11-13-22(14-12-21)26(24,25)19-9-5-17(2)6-10-19/h3-10H,11-15H2,1-2H3. The summed E-state index contributed by atoms with van der Waals surface area (Å²) in [6, 6.07) is 14.5. The van der Waals surface area contributed by atoms with Crippen LogP contribution < -0.4 is 0 Å². The van der Waals surface area contributed by atoms with Gasteiger partial charge in [-0.05, 0) is 26.0 Å². The van der Waals surface area contributed by atoms with Gasteiger partial charge in [0.15, 0.2) is 5.78 Å². The number of rotatable bonds is 5. The van der Waals surface area contributed by atoms with Gasteiger partial charge in [0.1, 0.15) is 0 Å². The van der Waals surface area contributed by atoms with E-state index in [4.69, 9.17) is 0 Å². The van der Waals surface area contributed by atoms with Crippen LogP contribution in [0.4, 0.5) is 0 Å². The molecule has 3 rings (SSSR count). The Labute approximate surface area is 155 Å². The van der Waals surface area contributed by atoms with Gasteiger partial charge >= 0.3 is 0 Å². The summed E-state index contributed by atoms with van der Waals surface area (Å²) in [5, 5.41) is 0. The first-order valence-electron chi connectivity index (χ1n) is 8.75. The van der Waals surface area contributed by atoms with E-state index in [-0.39, 0.29) is 5.78 Å². The second-order valence-electron chi connectivity index (χ2n) is 6.78. The molecule has 0 unspecified atom stereocenters. The third-order valence-corrected chi connectivity index (χ3v) is 6.64. The molecule has 0 atom stereocenters. The van der Waals surface area contributed by atoms with Crippen LogP contribution in [0.25, 0.3) is 0 Å². The fourth-order valence-electron chi connectivity index (χ4n) is 3.02. The molecule has 0 radical (unpaired) electrons. The highest BCUT2D eigenvalue weighted by molar-refractivity contribution is 7.89. The van der Waals surface area contributed by atoms with Crippen molar-refractivity contribution in [3.05, 3.63) is 65.2 Å². The van der Waals surface area contributed by atoms with E-state index in [9.17, 15) is 13.2 Å². The third kappa shape index (κ3) is 4.20. The minimum Gasteiger partial charge on any atom is -0.293 e. The van der Waals surface area contributed by atoms with Gasteiger partial charge in [0.25, 0.3) is 0 Å². The van der Waals surface area contributed by atoms with Crippen LogP contribution in [0.2, 0.25) is 0 Å². The van der Waals surface area contributed by atoms with Gasteiger partial charge in [-0.15, -0.1) is 0 Å². The molecule has 1 aliphatic heterocycles. The molecule has 1 aliphatic rings. The molecule has 1 heterocycles. The molecule has 138 valence electrons. The number of carbonyl (C=O) groups excluding carboxylic acids is 1. The summed E-state index contributed by atoms with van der Waals surface area (Å²) in [7, 11) is -3.47. The highest BCUT2D eigenvalue weighted by Crippen LogP contribution is 2.18. The number of aryl methyl sites for hydroxylation is 2. The number of Topliss-reactive ketones (excluding diaryl/α,β-unsaturated/α-hetero) is 1. The van der Waals surface area contributed by atoms with Gasteiger partial charge in [-0.2, -0.15) is 4.31 Å². The summed E-state index contributed by atoms with van der Waals surface area (Å²) in [6.07, 6.45) is 0. The number of carbonyl (C=O) groups is 1. The molecular formula is C20H24N2O3S. The number of sulfonamides is 1. The maximum Gasteiger partial charge on any atom is 0.243 e. The predicted octanol–water partition coefficient (Wildman–Crippen LogP) is 2.49. The number of hydrogen-bond donors (Lipinski definition) is 0. The van der Waals surface area contributed by atoms with Crippen molar-refractivity contribution < 1.29 is 13.2 Å². The lowest BCUT2D eigenvalue weighted by molar-refractivity contribution is 0.0901. The Balaban J connectivity index is 1.59. The fourth-order valence-corrected chi connectivity index (χ4v) is 4.44.